The second-order valence-corrected chi connectivity index (χ2v) is 4.17. The van der Waals surface area contributed by atoms with Crippen molar-refractivity contribution in [3.8, 4) is 6.07 Å². The van der Waals surface area contributed by atoms with Crippen LogP contribution in [0.3, 0.4) is 0 Å². The van der Waals surface area contributed by atoms with E-state index in [1.165, 1.54) is 12.3 Å². The van der Waals surface area contributed by atoms with Gasteiger partial charge >= 0.3 is 5.97 Å². The standard InChI is InChI=1S/C12H14N2O3/c13-5-1-6-14(9-2-3-9)8-11-10(12(15)16)4-7-17-11/h4,7,9H,1-3,6,8H2,(H,15,16). The number of carboxylic acid groups (broad SMARTS) is 1. The first-order valence-corrected chi connectivity index (χ1v) is 5.63. The van der Waals surface area contributed by atoms with Crippen LogP contribution in [0, 0.1) is 11.3 Å². The second kappa shape index (κ2) is 5.02. The summed E-state index contributed by atoms with van der Waals surface area (Å²) in [7, 11) is 0. The SMILES string of the molecule is N#CCCN(Cc1occc1C(=O)O)C1CC1. The van der Waals surface area contributed by atoms with Crippen molar-refractivity contribution in [2.45, 2.75) is 31.8 Å². The molecular formula is C12H14N2O3. The van der Waals surface area contributed by atoms with E-state index in [4.69, 9.17) is 14.8 Å². The average molecular weight is 234 g/mol. The zero-order chi connectivity index (χ0) is 12.3. The van der Waals surface area contributed by atoms with Gasteiger partial charge in [0.25, 0.3) is 0 Å². The zero-order valence-corrected chi connectivity index (χ0v) is 9.43. The molecule has 0 radical (unpaired) electrons. The second-order valence-electron chi connectivity index (χ2n) is 4.17. The number of furan rings is 1. The van der Waals surface area contributed by atoms with Gasteiger partial charge in [0.05, 0.1) is 18.9 Å². The van der Waals surface area contributed by atoms with Crippen LogP contribution in [-0.4, -0.2) is 28.6 Å². The van der Waals surface area contributed by atoms with Crippen LogP contribution < -0.4 is 0 Å². The van der Waals surface area contributed by atoms with Crippen LogP contribution in [0.1, 0.15) is 35.4 Å². The molecule has 0 atom stereocenters. The number of hydrogen-bond acceptors (Lipinski definition) is 4. The Morgan fingerprint density at radius 3 is 3.00 bits per heavy atom. The van der Waals surface area contributed by atoms with Gasteiger partial charge in [-0.05, 0) is 18.9 Å². The lowest BCUT2D eigenvalue weighted by Gasteiger charge is -2.19. The molecule has 5 nitrogen and oxygen atoms in total. The molecule has 0 aromatic carbocycles. The molecule has 90 valence electrons. The van der Waals surface area contributed by atoms with Gasteiger partial charge in [0.1, 0.15) is 11.3 Å². The van der Waals surface area contributed by atoms with E-state index < -0.39 is 5.97 Å². The zero-order valence-electron chi connectivity index (χ0n) is 9.43. The van der Waals surface area contributed by atoms with Crippen molar-refractivity contribution in [2.75, 3.05) is 6.54 Å². The molecule has 0 bridgehead atoms. The normalized spacial score (nSPS) is 14.8. The summed E-state index contributed by atoms with van der Waals surface area (Å²) in [4.78, 5) is 13.1. The molecule has 0 amide bonds. The summed E-state index contributed by atoms with van der Waals surface area (Å²) in [5, 5.41) is 17.6. The fourth-order valence-electron chi connectivity index (χ4n) is 1.86. The fraction of sp³-hybridized carbons (Fsp3) is 0.500. The van der Waals surface area contributed by atoms with Crippen molar-refractivity contribution < 1.29 is 14.3 Å². The Hall–Kier alpha value is -1.80. The van der Waals surface area contributed by atoms with Crippen molar-refractivity contribution in [1.29, 1.82) is 5.26 Å². The monoisotopic (exact) mass is 234 g/mol. The van der Waals surface area contributed by atoms with Crippen LogP contribution in [0.15, 0.2) is 16.7 Å². The largest absolute Gasteiger partial charge is 0.478 e. The maximum atomic E-state index is 10.9. The summed E-state index contributed by atoms with van der Waals surface area (Å²) < 4.78 is 5.21. The Kier molecular flexibility index (Phi) is 3.45. The van der Waals surface area contributed by atoms with Crippen LogP contribution in [0.25, 0.3) is 0 Å². The highest BCUT2D eigenvalue weighted by Crippen LogP contribution is 2.29. The minimum Gasteiger partial charge on any atom is -0.478 e. The molecule has 0 spiro atoms. The van der Waals surface area contributed by atoms with Crippen molar-refractivity contribution in [1.82, 2.24) is 4.90 Å². The van der Waals surface area contributed by atoms with Gasteiger partial charge in [-0.25, -0.2) is 4.79 Å². The Balaban J connectivity index is 2.04. The average Bonchev–Trinajstić information content (AvgIpc) is 3.03. The van der Waals surface area contributed by atoms with Gasteiger partial charge in [-0.1, -0.05) is 0 Å². The molecule has 1 aliphatic carbocycles. The number of carboxylic acids is 1. The molecule has 17 heavy (non-hydrogen) atoms. The Morgan fingerprint density at radius 2 is 2.41 bits per heavy atom. The van der Waals surface area contributed by atoms with Gasteiger partial charge in [-0.3, -0.25) is 4.90 Å². The van der Waals surface area contributed by atoms with Gasteiger partial charge in [-0.2, -0.15) is 5.26 Å². The molecule has 1 aliphatic rings. The van der Waals surface area contributed by atoms with Gasteiger partial charge < -0.3 is 9.52 Å². The molecule has 2 rings (SSSR count). The lowest BCUT2D eigenvalue weighted by Crippen LogP contribution is -2.27. The summed E-state index contributed by atoms with van der Waals surface area (Å²) in [5.41, 5.74) is 0.215. The summed E-state index contributed by atoms with van der Waals surface area (Å²) in [6.07, 6.45) is 4.09. The van der Waals surface area contributed by atoms with E-state index in [1.54, 1.807) is 0 Å². The van der Waals surface area contributed by atoms with E-state index in [2.05, 4.69) is 11.0 Å². The Morgan fingerprint density at radius 1 is 1.65 bits per heavy atom. The quantitative estimate of drug-likeness (QED) is 0.812. The van der Waals surface area contributed by atoms with Crippen molar-refractivity contribution in [3.05, 3.63) is 23.7 Å². The van der Waals surface area contributed by atoms with Gasteiger partial charge in [0.2, 0.25) is 0 Å². The molecule has 5 heteroatoms. The molecule has 1 N–H and O–H groups in total. The molecule has 1 heterocycles. The third-order valence-corrected chi connectivity index (χ3v) is 2.90. The summed E-state index contributed by atoms with van der Waals surface area (Å²) in [5.74, 6) is -0.493. The minimum atomic E-state index is -0.968. The number of rotatable bonds is 6. The van der Waals surface area contributed by atoms with Crippen LogP contribution >= 0.6 is 0 Å². The summed E-state index contributed by atoms with van der Waals surface area (Å²) in [6.45, 7) is 1.14. The van der Waals surface area contributed by atoms with Crippen molar-refractivity contribution >= 4 is 5.97 Å². The molecule has 1 aromatic heterocycles. The van der Waals surface area contributed by atoms with Gasteiger partial charge in [0.15, 0.2) is 0 Å². The predicted octanol–water partition coefficient (Wildman–Crippen LogP) is 1.86. The number of nitrogens with zero attached hydrogens (tertiary/aromatic N) is 2. The van der Waals surface area contributed by atoms with E-state index in [0.29, 0.717) is 31.3 Å². The fourth-order valence-corrected chi connectivity index (χ4v) is 1.86. The third kappa shape index (κ3) is 2.86. The number of carbonyl (C=O) groups is 1. The highest BCUT2D eigenvalue weighted by atomic mass is 16.4. The van der Waals surface area contributed by atoms with Crippen molar-refractivity contribution in [2.24, 2.45) is 0 Å². The maximum Gasteiger partial charge on any atom is 0.339 e. The van der Waals surface area contributed by atoms with Crippen LogP contribution in [0.5, 0.6) is 0 Å². The Bertz CT molecular complexity index is 443. The highest BCUT2D eigenvalue weighted by Gasteiger charge is 2.30. The highest BCUT2D eigenvalue weighted by molar-refractivity contribution is 5.88. The van der Waals surface area contributed by atoms with E-state index in [0.717, 1.165) is 12.8 Å². The first-order valence-electron chi connectivity index (χ1n) is 5.63. The van der Waals surface area contributed by atoms with Crippen LogP contribution in [0.4, 0.5) is 0 Å². The first kappa shape index (κ1) is 11.7. The van der Waals surface area contributed by atoms with Gasteiger partial charge in [0, 0.05) is 19.0 Å². The van der Waals surface area contributed by atoms with E-state index in [9.17, 15) is 4.79 Å². The predicted molar refractivity (Wildman–Crippen MR) is 59.3 cm³/mol. The van der Waals surface area contributed by atoms with Crippen molar-refractivity contribution in [3.63, 3.8) is 0 Å². The third-order valence-electron chi connectivity index (χ3n) is 2.90. The lowest BCUT2D eigenvalue weighted by molar-refractivity contribution is 0.0692. The molecule has 0 unspecified atom stereocenters. The molecule has 1 aromatic rings. The lowest BCUT2D eigenvalue weighted by atomic mass is 10.2. The summed E-state index contributed by atoms with van der Waals surface area (Å²) in [6, 6.07) is 4.06. The molecule has 1 fully saturated rings. The molecule has 0 saturated heterocycles. The van der Waals surface area contributed by atoms with Crippen LogP contribution in [0.2, 0.25) is 0 Å². The van der Waals surface area contributed by atoms with E-state index in [-0.39, 0.29) is 5.56 Å². The molecule has 1 saturated carbocycles. The molecule has 0 aliphatic heterocycles. The smallest absolute Gasteiger partial charge is 0.339 e. The van der Waals surface area contributed by atoms with E-state index >= 15 is 0 Å². The number of aromatic carboxylic acids is 1. The van der Waals surface area contributed by atoms with E-state index in [1.807, 2.05) is 0 Å². The first-order chi connectivity index (χ1) is 8.22. The Labute approximate surface area is 99.2 Å². The van der Waals surface area contributed by atoms with Crippen LogP contribution in [-0.2, 0) is 6.54 Å². The number of nitriles is 1. The summed E-state index contributed by atoms with van der Waals surface area (Å²) >= 11 is 0. The minimum absolute atomic E-state index is 0.215. The topological polar surface area (TPSA) is 77.5 Å². The number of hydrogen-bond donors (Lipinski definition) is 1. The molecular weight excluding hydrogens is 220 g/mol. The maximum absolute atomic E-state index is 10.9. The van der Waals surface area contributed by atoms with Gasteiger partial charge in [-0.15, -0.1) is 0 Å².